The highest BCUT2D eigenvalue weighted by molar-refractivity contribution is 5.93. The van der Waals surface area contributed by atoms with E-state index in [1.807, 2.05) is 6.08 Å². The third-order valence-corrected chi connectivity index (χ3v) is 10.9. The Balaban J connectivity index is 1.33. The van der Waals surface area contributed by atoms with Gasteiger partial charge in [0.2, 0.25) is 0 Å². The molecule has 5 atom stereocenters. The summed E-state index contributed by atoms with van der Waals surface area (Å²) >= 11 is 0. The molecule has 34 heavy (non-hydrogen) atoms. The lowest BCUT2D eigenvalue weighted by molar-refractivity contribution is -0.114. The van der Waals surface area contributed by atoms with Gasteiger partial charge in [-0.2, -0.15) is 0 Å². The maximum Gasteiger partial charge on any atom is 0.156 e. The molecule has 0 N–H and O–H groups in total. The summed E-state index contributed by atoms with van der Waals surface area (Å²) in [7, 11) is 0. The van der Waals surface area contributed by atoms with E-state index in [1.54, 1.807) is 11.1 Å². The van der Waals surface area contributed by atoms with E-state index < -0.39 is 0 Å². The van der Waals surface area contributed by atoms with Crippen LogP contribution in [0.2, 0.25) is 0 Å². The van der Waals surface area contributed by atoms with Gasteiger partial charge in [-0.05, 0) is 111 Å². The number of hydrogen-bond acceptors (Lipinski definition) is 3. The van der Waals surface area contributed by atoms with Crippen molar-refractivity contribution in [2.45, 2.75) is 89.1 Å². The van der Waals surface area contributed by atoms with Crippen LogP contribution < -0.4 is 4.90 Å². The Hall–Kier alpha value is -1.87. The van der Waals surface area contributed by atoms with E-state index in [2.05, 4.69) is 36.1 Å². The fraction of sp³-hybridized carbons (Fsp3) is 0.645. The first kappa shape index (κ1) is 21.4. The van der Waals surface area contributed by atoms with Gasteiger partial charge in [0.25, 0.3) is 0 Å². The Morgan fingerprint density at radius 3 is 2.56 bits per heavy atom. The van der Waals surface area contributed by atoms with E-state index in [0.29, 0.717) is 24.0 Å². The maximum absolute atomic E-state index is 12.3. The number of carbonyl (C=O) groups excluding carboxylic acids is 1. The number of fused-ring (bicyclic) bond motifs is 5. The standard InChI is InChI=1S/C31H39NO2/c1-30-20-27(21-5-8-23(9-6-21)32-16-2-3-17-32)29-25-12-10-24(33)19-22(25)7-11-26(29)28(30)13-15-31(30)14-4-18-34-31/h5-6,8-9,19,26-28H,2-4,7,10-18,20H2,1H3/t26-,27+,28-,30-,31-/m0/s1. The molecule has 2 aliphatic heterocycles. The molecule has 0 radical (unpaired) electrons. The summed E-state index contributed by atoms with van der Waals surface area (Å²) in [4.78, 5) is 14.8. The fourth-order valence-electron chi connectivity index (χ4n) is 9.27. The van der Waals surface area contributed by atoms with Crippen molar-refractivity contribution in [2.24, 2.45) is 17.3 Å². The normalized spacial score (nSPS) is 39.3. The molecular weight excluding hydrogens is 418 g/mol. The molecule has 0 amide bonds. The Bertz CT molecular complexity index is 1050. The highest BCUT2D eigenvalue weighted by Gasteiger charge is 2.64. The van der Waals surface area contributed by atoms with Crippen molar-refractivity contribution >= 4 is 11.5 Å². The van der Waals surface area contributed by atoms with E-state index in [9.17, 15) is 4.79 Å². The predicted molar refractivity (Wildman–Crippen MR) is 136 cm³/mol. The van der Waals surface area contributed by atoms with Gasteiger partial charge in [0.1, 0.15) is 0 Å². The SMILES string of the molecule is C[C@]12C[C@H](c3ccc(N4CCCC4)cc3)C3=C4CCC(=O)C=C4CC[C@H]3[C@@H]1CC[C@@]21CCCO1. The molecule has 2 saturated carbocycles. The van der Waals surface area contributed by atoms with Crippen molar-refractivity contribution in [3.05, 3.63) is 52.6 Å². The second kappa shape index (κ2) is 7.82. The molecule has 0 bridgehead atoms. The van der Waals surface area contributed by atoms with Crippen LogP contribution >= 0.6 is 0 Å². The van der Waals surface area contributed by atoms with E-state index in [4.69, 9.17) is 4.74 Å². The molecule has 7 rings (SSSR count). The van der Waals surface area contributed by atoms with Crippen LogP contribution in [-0.2, 0) is 9.53 Å². The van der Waals surface area contributed by atoms with Crippen molar-refractivity contribution < 1.29 is 9.53 Å². The zero-order chi connectivity index (χ0) is 22.9. The van der Waals surface area contributed by atoms with Crippen LogP contribution in [-0.4, -0.2) is 31.1 Å². The van der Waals surface area contributed by atoms with Gasteiger partial charge < -0.3 is 9.64 Å². The molecule has 4 aliphatic carbocycles. The minimum absolute atomic E-state index is 0.0975. The third-order valence-electron chi connectivity index (χ3n) is 10.9. The quantitative estimate of drug-likeness (QED) is 0.493. The summed E-state index contributed by atoms with van der Waals surface area (Å²) in [6.07, 6.45) is 14.9. The van der Waals surface area contributed by atoms with Crippen LogP contribution in [0.15, 0.2) is 47.1 Å². The number of carbonyl (C=O) groups is 1. The van der Waals surface area contributed by atoms with Crippen LogP contribution in [0.5, 0.6) is 0 Å². The topological polar surface area (TPSA) is 29.5 Å². The van der Waals surface area contributed by atoms with Gasteiger partial charge in [-0.15, -0.1) is 0 Å². The summed E-state index contributed by atoms with van der Waals surface area (Å²) in [6, 6.07) is 9.65. The number of rotatable bonds is 2. The Labute approximate surface area is 204 Å². The smallest absolute Gasteiger partial charge is 0.156 e. The molecule has 4 fully saturated rings. The zero-order valence-electron chi connectivity index (χ0n) is 20.8. The van der Waals surface area contributed by atoms with Gasteiger partial charge in [0, 0.05) is 43.1 Å². The van der Waals surface area contributed by atoms with E-state index in [0.717, 1.165) is 25.4 Å². The number of benzene rings is 1. The summed E-state index contributed by atoms with van der Waals surface area (Å²) in [5.74, 6) is 2.19. The Morgan fingerprint density at radius 1 is 0.971 bits per heavy atom. The van der Waals surface area contributed by atoms with Crippen LogP contribution in [0.25, 0.3) is 0 Å². The van der Waals surface area contributed by atoms with E-state index in [1.165, 1.54) is 81.3 Å². The average molecular weight is 458 g/mol. The second-order valence-corrected chi connectivity index (χ2v) is 12.3. The van der Waals surface area contributed by atoms with Crippen molar-refractivity contribution in [3.63, 3.8) is 0 Å². The zero-order valence-corrected chi connectivity index (χ0v) is 20.8. The molecule has 2 heterocycles. The van der Waals surface area contributed by atoms with Gasteiger partial charge in [-0.3, -0.25) is 4.79 Å². The first-order valence-corrected chi connectivity index (χ1v) is 14.0. The van der Waals surface area contributed by atoms with Gasteiger partial charge in [-0.25, -0.2) is 0 Å². The van der Waals surface area contributed by atoms with Crippen LogP contribution in [0.3, 0.4) is 0 Å². The summed E-state index contributed by atoms with van der Waals surface area (Å²) < 4.78 is 6.67. The number of allylic oxidation sites excluding steroid dienone is 4. The van der Waals surface area contributed by atoms with Gasteiger partial charge in [0.05, 0.1) is 5.60 Å². The molecule has 3 nitrogen and oxygen atoms in total. The molecule has 0 unspecified atom stereocenters. The Morgan fingerprint density at radius 2 is 1.79 bits per heavy atom. The van der Waals surface area contributed by atoms with Crippen molar-refractivity contribution in [1.29, 1.82) is 0 Å². The number of ether oxygens (including phenoxy) is 1. The average Bonchev–Trinajstić information content (AvgIpc) is 3.61. The minimum atomic E-state index is 0.0975. The molecule has 1 aromatic rings. The molecule has 3 heteroatoms. The van der Waals surface area contributed by atoms with Crippen LogP contribution in [0, 0.1) is 17.3 Å². The first-order chi connectivity index (χ1) is 16.6. The molecular formula is C31H39NO2. The Kier molecular flexibility index (Phi) is 4.92. The van der Waals surface area contributed by atoms with Crippen LogP contribution in [0.1, 0.15) is 89.0 Å². The summed E-state index contributed by atoms with van der Waals surface area (Å²) in [6.45, 7) is 5.94. The van der Waals surface area contributed by atoms with Crippen molar-refractivity contribution in [2.75, 3.05) is 24.6 Å². The van der Waals surface area contributed by atoms with E-state index >= 15 is 0 Å². The van der Waals surface area contributed by atoms with Crippen molar-refractivity contribution in [1.82, 2.24) is 0 Å². The fourth-order valence-corrected chi connectivity index (χ4v) is 9.27. The monoisotopic (exact) mass is 457 g/mol. The van der Waals surface area contributed by atoms with Gasteiger partial charge in [-0.1, -0.05) is 24.6 Å². The molecule has 180 valence electrons. The number of anilines is 1. The number of hydrogen-bond donors (Lipinski definition) is 0. The van der Waals surface area contributed by atoms with E-state index in [-0.39, 0.29) is 11.0 Å². The molecule has 0 aromatic heterocycles. The molecule has 2 saturated heterocycles. The molecule has 1 spiro atoms. The third kappa shape index (κ3) is 3.01. The van der Waals surface area contributed by atoms with Gasteiger partial charge >= 0.3 is 0 Å². The number of nitrogens with zero attached hydrogens (tertiary/aromatic N) is 1. The second-order valence-electron chi connectivity index (χ2n) is 12.3. The lowest BCUT2D eigenvalue weighted by Crippen LogP contribution is -2.51. The molecule has 6 aliphatic rings. The summed E-state index contributed by atoms with van der Waals surface area (Å²) in [5, 5.41) is 0. The predicted octanol–water partition coefficient (Wildman–Crippen LogP) is 6.74. The minimum Gasteiger partial charge on any atom is -0.374 e. The van der Waals surface area contributed by atoms with Crippen LogP contribution in [0.4, 0.5) is 5.69 Å². The lowest BCUT2D eigenvalue weighted by Gasteiger charge is -2.55. The highest BCUT2D eigenvalue weighted by atomic mass is 16.5. The maximum atomic E-state index is 12.3. The first-order valence-electron chi connectivity index (χ1n) is 14.0. The molecule has 1 aromatic carbocycles. The van der Waals surface area contributed by atoms with Crippen molar-refractivity contribution in [3.8, 4) is 0 Å². The highest BCUT2D eigenvalue weighted by Crippen LogP contribution is 2.69. The lowest BCUT2D eigenvalue weighted by atomic mass is 9.51. The summed E-state index contributed by atoms with van der Waals surface area (Å²) in [5.41, 5.74) is 7.89. The number of ketones is 1. The largest absolute Gasteiger partial charge is 0.374 e. The van der Waals surface area contributed by atoms with Gasteiger partial charge in [0.15, 0.2) is 5.78 Å².